The second-order valence-electron chi connectivity index (χ2n) is 9.83. The fraction of sp³-hybridized carbons (Fsp3) is 0.308. The van der Waals surface area contributed by atoms with E-state index in [1.807, 2.05) is 0 Å². The number of halogens is 16. The zero-order valence-corrected chi connectivity index (χ0v) is 22.2. The Morgan fingerprint density at radius 1 is 0.543 bits per heavy atom. The Hall–Kier alpha value is -3.52. The molecule has 0 saturated heterocycles. The highest BCUT2D eigenvalue weighted by atomic mass is 19.4. The van der Waals surface area contributed by atoms with Gasteiger partial charge in [0.15, 0.2) is 0 Å². The number of benzene rings is 3. The van der Waals surface area contributed by atoms with Gasteiger partial charge in [0.2, 0.25) is 0 Å². The van der Waals surface area contributed by atoms with Crippen LogP contribution in [0.3, 0.4) is 0 Å². The summed E-state index contributed by atoms with van der Waals surface area (Å²) < 4.78 is 226. The normalized spacial score (nSPS) is 14.9. The zero-order chi connectivity index (χ0) is 35.4. The lowest BCUT2D eigenvalue weighted by Crippen LogP contribution is -2.41. The van der Waals surface area contributed by atoms with E-state index in [0.717, 1.165) is 0 Å². The summed E-state index contributed by atoms with van der Waals surface area (Å²) in [6.45, 7) is 0.316. The molecule has 3 rings (SSSR count). The Balaban J connectivity index is 2.66. The molecule has 2 N–H and O–H groups in total. The van der Waals surface area contributed by atoms with E-state index in [1.54, 1.807) is 0 Å². The molecule has 3 aromatic rings. The fourth-order valence-electron chi connectivity index (χ4n) is 4.76. The summed E-state index contributed by atoms with van der Waals surface area (Å²) >= 11 is 0. The summed E-state index contributed by atoms with van der Waals surface area (Å²) in [5, 5.41) is 19.2. The highest BCUT2D eigenvalue weighted by Gasteiger charge is 2.49. The van der Waals surface area contributed by atoms with Gasteiger partial charge in [-0.3, -0.25) is 0 Å². The predicted octanol–water partition coefficient (Wildman–Crippen LogP) is 8.95. The summed E-state index contributed by atoms with van der Waals surface area (Å²) in [5.74, 6) is -5.38. The molecule has 0 aliphatic rings. The summed E-state index contributed by atoms with van der Waals surface area (Å²) in [6.07, 6.45) is -28.3. The highest BCUT2D eigenvalue weighted by molar-refractivity contribution is 6.32. The molecule has 252 valence electrons. The van der Waals surface area contributed by atoms with Crippen LogP contribution in [0.25, 0.3) is 0 Å². The van der Waals surface area contributed by atoms with Crippen molar-refractivity contribution in [2.75, 3.05) is 0 Å². The van der Waals surface area contributed by atoms with Crippen molar-refractivity contribution in [3.05, 3.63) is 105 Å². The maximum absolute atomic E-state index is 15.5. The Labute approximate surface area is 247 Å². The molecule has 0 radical (unpaired) electrons. The van der Waals surface area contributed by atoms with E-state index in [9.17, 15) is 75.9 Å². The van der Waals surface area contributed by atoms with E-state index in [4.69, 9.17) is 4.65 Å². The number of hydrogen-bond acceptors (Lipinski definition) is 3. The Kier molecular flexibility index (Phi) is 9.58. The molecule has 0 spiro atoms. The van der Waals surface area contributed by atoms with Gasteiger partial charge in [-0.1, -0.05) is 12.1 Å². The molecule has 0 aromatic heterocycles. The van der Waals surface area contributed by atoms with Crippen LogP contribution in [0.1, 0.15) is 57.3 Å². The molecule has 0 aliphatic carbocycles. The molecule has 0 aliphatic heterocycles. The van der Waals surface area contributed by atoms with Gasteiger partial charge in [-0.05, 0) is 60.5 Å². The van der Waals surface area contributed by atoms with Crippen molar-refractivity contribution in [3.8, 4) is 0 Å². The van der Waals surface area contributed by atoms with Gasteiger partial charge in [-0.15, -0.1) is 0 Å². The van der Waals surface area contributed by atoms with Gasteiger partial charge in [-0.25, -0.2) is 4.39 Å². The molecule has 0 bridgehead atoms. The van der Waals surface area contributed by atoms with Crippen molar-refractivity contribution in [2.45, 2.75) is 49.3 Å². The first-order valence-electron chi connectivity index (χ1n) is 12.1. The summed E-state index contributed by atoms with van der Waals surface area (Å²) in [4.78, 5) is 0. The van der Waals surface area contributed by atoms with E-state index in [-0.39, 0.29) is 30.3 Å². The van der Waals surface area contributed by atoms with E-state index in [2.05, 4.69) is 0 Å². The second kappa shape index (κ2) is 11.9. The van der Waals surface area contributed by atoms with Crippen molar-refractivity contribution >= 4 is 7.32 Å². The van der Waals surface area contributed by atoms with Crippen LogP contribution in [0.4, 0.5) is 70.2 Å². The predicted molar refractivity (Wildman–Crippen MR) is 125 cm³/mol. The molecule has 20 heteroatoms. The minimum absolute atomic E-state index is 0.0850. The summed E-state index contributed by atoms with van der Waals surface area (Å²) in [7, 11) is -3.30. The second-order valence-corrected chi connectivity index (χ2v) is 9.83. The molecule has 0 saturated carbocycles. The van der Waals surface area contributed by atoms with Gasteiger partial charge in [0.25, 0.3) is 0 Å². The first kappa shape index (κ1) is 36.9. The number of alkyl halides is 15. The van der Waals surface area contributed by atoms with Crippen LogP contribution in [0, 0.1) is 5.82 Å². The van der Waals surface area contributed by atoms with Crippen molar-refractivity contribution in [1.82, 2.24) is 0 Å². The molecule has 0 heterocycles. The number of rotatable bonds is 6. The van der Waals surface area contributed by atoms with Gasteiger partial charge in [0, 0.05) is 11.5 Å². The van der Waals surface area contributed by atoms with Crippen LogP contribution in [0.2, 0.25) is 0 Å². The van der Waals surface area contributed by atoms with Crippen LogP contribution < -0.4 is 0 Å². The van der Waals surface area contributed by atoms with Crippen LogP contribution in [-0.2, 0) is 41.1 Å². The number of hydrogen-bond donors (Lipinski definition) is 2. The highest BCUT2D eigenvalue weighted by Crippen LogP contribution is 2.51. The lowest BCUT2D eigenvalue weighted by Gasteiger charge is -2.40. The molecule has 1 atom stereocenters. The van der Waals surface area contributed by atoms with E-state index in [1.165, 1.54) is 0 Å². The topological polar surface area (TPSA) is 49.7 Å². The monoisotopic (exact) mass is 690 g/mol. The Morgan fingerprint density at radius 2 is 0.870 bits per heavy atom. The maximum Gasteiger partial charge on any atom is 0.634 e. The quantitative estimate of drug-likeness (QED) is 0.201. The Morgan fingerprint density at radius 3 is 1.15 bits per heavy atom. The van der Waals surface area contributed by atoms with E-state index in [0.29, 0.717) is 19.1 Å². The lowest BCUT2D eigenvalue weighted by atomic mass is 9.72. The average molecular weight is 690 g/mol. The molecule has 3 aromatic carbocycles. The third-order valence-corrected chi connectivity index (χ3v) is 6.63. The van der Waals surface area contributed by atoms with Gasteiger partial charge in [-0.2, -0.15) is 65.9 Å². The van der Waals surface area contributed by atoms with Gasteiger partial charge < -0.3 is 14.7 Å². The third-order valence-electron chi connectivity index (χ3n) is 6.63. The van der Waals surface area contributed by atoms with Crippen molar-refractivity contribution in [3.63, 3.8) is 0 Å². The molecular formula is C26H15BF16O3. The van der Waals surface area contributed by atoms with E-state index < -0.39 is 112 Å². The molecule has 46 heavy (non-hydrogen) atoms. The molecule has 0 fully saturated rings. The minimum Gasteiger partial charge on any atom is -0.402 e. The van der Waals surface area contributed by atoms with Crippen molar-refractivity contribution < 1.29 is 84.9 Å². The van der Waals surface area contributed by atoms with Crippen molar-refractivity contribution in [1.29, 1.82) is 0 Å². The van der Waals surface area contributed by atoms with Crippen LogP contribution in [-0.4, -0.2) is 17.4 Å². The molecule has 1 unspecified atom stereocenters. The largest absolute Gasteiger partial charge is 0.634 e. The zero-order valence-electron chi connectivity index (χ0n) is 22.2. The Bertz CT molecular complexity index is 1430. The van der Waals surface area contributed by atoms with E-state index >= 15 is 4.39 Å². The summed E-state index contributed by atoms with van der Waals surface area (Å²) in [6, 6.07) is -0.957. The maximum atomic E-state index is 15.5. The van der Waals surface area contributed by atoms with Crippen LogP contribution in [0.5, 0.6) is 0 Å². The standard InChI is InChI=1S/C26H15BF16O3/c1-21(46-27(44)45,17-3-2-4-18(20(17)28)26(41,42)43)19(11-5-13(22(29,30)31)9-14(6-11)23(32,33)34)12-7-15(24(35,36)37)10-16(8-12)25(38,39)40/h2-10,19,44-45H,1H3. The molecule has 0 amide bonds. The van der Waals surface area contributed by atoms with Crippen LogP contribution >= 0.6 is 0 Å². The van der Waals surface area contributed by atoms with Gasteiger partial charge in [0.05, 0.1) is 33.4 Å². The SMILES string of the molecule is CC(OB(O)O)(c1cccc(C(F)(F)F)c1F)C(c1cc(C(F)(F)F)cc(C(F)(F)F)c1)c1cc(C(F)(F)F)cc(C(F)(F)F)c1. The lowest BCUT2D eigenvalue weighted by molar-refractivity contribution is -0.144. The molecule has 3 nitrogen and oxygen atoms in total. The van der Waals surface area contributed by atoms with Crippen molar-refractivity contribution in [2.24, 2.45) is 0 Å². The minimum atomic E-state index is -5.68. The van der Waals surface area contributed by atoms with Crippen LogP contribution in [0.15, 0.2) is 54.6 Å². The summed E-state index contributed by atoms with van der Waals surface area (Å²) in [5.41, 5.74) is -19.0. The third kappa shape index (κ3) is 7.88. The molecular weight excluding hydrogens is 675 g/mol. The van der Waals surface area contributed by atoms with Gasteiger partial charge >= 0.3 is 38.2 Å². The smallest absolute Gasteiger partial charge is 0.402 e. The fourth-order valence-corrected chi connectivity index (χ4v) is 4.76. The van der Waals surface area contributed by atoms with Gasteiger partial charge in [0.1, 0.15) is 5.82 Å². The average Bonchev–Trinajstić information content (AvgIpc) is 2.85. The first-order chi connectivity index (χ1) is 20.6. The first-order valence-corrected chi connectivity index (χ1v) is 12.1.